The van der Waals surface area contributed by atoms with E-state index >= 15 is 0 Å². The number of nitrogens with zero attached hydrogens (tertiary/aromatic N) is 2. The van der Waals surface area contributed by atoms with Crippen LogP contribution in [0.3, 0.4) is 0 Å². The number of nitrogens with two attached hydrogens (primary N) is 1. The summed E-state index contributed by atoms with van der Waals surface area (Å²) in [6.45, 7) is 2.19. The van der Waals surface area contributed by atoms with Crippen LogP contribution in [0.2, 0.25) is 0 Å². The molecule has 2 N–H and O–H groups in total. The van der Waals surface area contributed by atoms with Crippen molar-refractivity contribution in [1.29, 1.82) is 0 Å². The van der Waals surface area contributed by atoms with E-state index in [0.717, 1.165) is 24.9 Å². The van der Waals surface area contributed by atoms with Gasteiger partial charge in [-0.2, -0.15) is 0 Å². The zero-order valence-corrected chi connectivity index (χ0v) is 17.6. The summed E-state index contributed by atoms with van der Waals surface area (Å²) >= 11 is 0. The number of benzene rings is 1. The molecule has 0 saturated carbocycles. The van der Waals surface area contributed by atoms with Gasteiger partial charge in [0.25, 0.3) is 0 Å². The molecule has 156 valence electrons. The molecule has 2 fully saturated rings. The van der Waals surface area contributed by atoms with Gasteiger partial charge in [-0.3, -0.25) is 9.59 Å². The molecule has 0 aliphatic carbocycles. The van der Waals surface area contributed by atoms with E-state index in [1.165, 1.54) is 0 Å². The molecule has 1 aromatic rings. The number of amides is 2. The summed E-state index contributed by atoms with van der Waals surface area (Å²) in [4.78, 5) is 28.3. The van der Waals surface area contributed by atoms with Gasteiger partial charge in [-0.15, -0.1) is 12.4 Å². The first-order chi connectivity index (χ1) is 12.9. The SMILES string of the molecule is COc1ccc(C(N)CC(=O)N2CCC3(CC2)CC(=O)N(C)C3)cc1OC.Cl. The summed E-state index contributed by atoms with van der Waals surface area (Å²) in [6.07, 6.45) is 2.61. The van der Waals surface area contributed by atoms with E-state index < -0.39 is 6.04 Å². The first-order valence-corrected chi connectivity index (χ1v) is 9.37. The lowest BCUT2D eigenvalue weighted by Gasteiger charge is -2.39. The highest BCUT2D eigenvalue weighted by atomic mass is 35.5. The number of piperidine rings is 1. The molecule has 2 heterocycles. The Balaban J connectivity index is 0.00000280. The zero-order valence-electron chi connectivity index (χ0n) is 16.8. The Hall–Kier alpha value is -1.99. The van der Waals surface area contributed by atoms with Crippen molar-refractivity contribution in [2.24, 2.45) is 11.1 Å². The lowest BCUT2D eigenvalue weighted by atomic mass is 9.77. The fraction of sp³-hybridized carbons (Fsp3) is 0.600. The monoisotopic (exact) mass is 411 g/mol. The summed E-state index contributed by atoms with van der Waals surface area (Å²) in [5.74, 6) is 1.51. The molecule has 2 aliphatic heterocycles. The van der Waals surface area contributed by atoms with Crippen molar-refractivity contribution >= 4 is 24.2 Å². The molecule has 1 spiro atoms. The molecule has 0 radical (unpaired) electrons. The predicted octanol–water partition coefficient (Wildman–Crippen LogP) is 1.99. The fourth-order valence-electron chi connectivity index (χ4n) is 4.19. The summed E-state index contributed by atoms with van der Waals surface area (Å²) in [6, 6.07) is 5.09. The maximum Gasteiger partial charge on any atom is 0.224 e. The van der Waals surface area contributed by atoms with Crippen LogP contribution in [0.15, 0.2) is 18.2 Å². The average molecular weight is 412 g/mol. The molecule has 3 rings (SSSR count). The van der Waals surface area contributed by atoms with Crippen LogP contribution in [0.5, 0.6) is 11.5 Å². The Morgan fingerprint density at radius 1 is 1.21 bits per heavy atom. The maximum absolute atomic E-state index is 12.7. The molecular weight excluding hydrogens is 382 g/mol. The molecule has 0 bridgehead atoms. The molecule has 2 amide bonds. The van der Waals surface area contributed by atoms with Gasteiger partial charge in [-0.05, 0) is 30.5 Å². The Morgan fingerprint density at radius 3 is 2.39 bits per heavy atom. The Kier molecular flexibility index (Phi) is 7.17. The number of rotatable bonds is 5. The fourth-order valence-corrected chi connectivity index (χ4v) is 4.19. The van der Waals surface area contributed by atoms with Crippen LogP contribution in [0, 0.1) is 5.41 Å². The summed E-state index contributed by atoms with van der Waals surface area (Å²) in [5, 5.41) is 0. The number of ether oxygens (including phenoxy) is 2. The summed E-state index contributed by atoms with van der Waals surface area (Å²) in [7, 11) is 5.02. The zero-order chi connectivity index (χ0) is 19.6. The van der Waals surface area contributed by atoms with Crippen LogP contribution in [0.25, 0.3) is 0 Å². The molecule has 0 aromatic heterocycles. The van der Waals surface area contributed by atoms with Gasteiger partial charge in [0, 0.05) is 51.0 Å². The first kappa shape index (κ1) is 22.3. The largest absolute Gasteiger partial charge is 0.493 e. The number of hydrogen-bond acceptors (Lipinski definition) is 5. The second-order valence-corrected chi connectivity index (χ2v) is 7.73. The van der Waals surface area contributed by atoms with Crippen LogP contribution in [-0.2, 0) is 9.59 Å². The van der Waals surface area contributed by atoms with E-state index in [-0.39, 0.29) is 36.1 Å². The topological polar surface area (TPSA) is 85.1 Å². The molecule has 1 atom stereocenters. The molecular formula is C20H30ClN3O4. The highest BCUT2D eigenvalue weighted by Crippen LogP contribution is 2.40. The minimum absolute atomic E-state index is 0. The molecule has 1 aromatic carbocycles. The van der Waals surface area contributed by atoms with Crippen LogP contribution in [-0.4, -0.2) is 62.5 Å². The van der Waals surface area contributed by atoms with Crippen LogP contribution < -0.4 is 15.2 Å². The molecule has 28 heavy (non-hydrogen) atoms. The van der Waals surface area contributed by atoms with Gasteiger partial charge >= 0.3 is 0 Å². The predicted molar refractivity (Wildman–Crippen MR) is 109 cm³/mol. The third-order valence-corrected chi connectivity index (χ3v) is 5.93. The van der Waals surface area contributed by atoms with E-state index in [4.69, 9.17) is 15.2 Å². The smallest absolute Gasteiger partial charge is 0.224 e. The van der Waals surface area contributed by atoms with Gasteiger partial charge in [0.2, 0.25) is 11.8 Å². The van der Waals surface area contributed by atoms with Crippen molar-refractivity contribution in [3.05, 3.63) is 23.8 Å². The van der Waals surface area contributed by atoms with Crippen LogP contribution in [0.4, 0.5) is 0 Å². The van der Waals surface area contributed by atoms with Crippen molar-refractivity contribution in [2.75, 3.05) is 40.9 Å². The summed E-state index contributed by atoms with van der Waals surface area (Å²) < 4.78 is 10.6. The number of likely N-dealkylation sites (tertiary alicyclic amines) is 2. The van der Waals surface area contributed by atoms with E-state index in [1.807, 2.05) is 29.0 Å². The van der Waals surface area contributed by atoms with Crippen molar-refractivity contribution < 1.29 is 19.1 Å². The maximum atomic E-state index is 12.7. The van der Waals surface area contributed by atoms with Crippen molar-refractivity contribution in [2.45, 2.75) is 31.7 Å². The Bertz CT molecular complexity index is 719. The highest BCUT2D eigenvalue weighted by molar-refractivity contribution is 5.85. The lowest BCUT2D eigenvalue weighted by Crippen LogP contribution is -2.44. The minimum atomic E-state index is -0.396. The molecule has 1 unspecified atom stereocenters. The van der Waals surface area contributed by atoms with E-state index in [2.05, 4.69) is 0 Å². The number of hydrogen-bond donors (Lipinski definition) is 1. The number of halogens is 1. The lowest BCUT2D eigenvalue weighted by molar-refractivity contribution is -0.133. The second-order valence-electron chi connectivity index (χ2n) is 7.73. The molecule has 2 aliphatic rings. The minimum Gasteiger partial charge on any atom is -0.493 e. The van der Waals surface area contributed by atoms with Gasteiger partial charge in [0.15, 0.2) is 11.5 Å². The third-order valence-electron chi connectivity index (χ3n) is 5.93. The second kappa shape index (κ2) is 9.01. The van der Waals surface area contributed by atoms with E-state index in [0.29, 0.717) is 31.0 Å². The standard InChI is InChI=1S/C20H29N3O4.ClH/c1-22-13-20(12-19(22)25)6-8-23(9-7-20)18(24)11-15(21)14-4-5-16(26-2)17(10-14)27-3;/h4-5,10,15H,6-9,11-13,21H2,1-3H3;1H. The molecule has 7 nitrogen and oxygen atoms in total. The van der Waals surface area contributed by atoms with Gasteiger partial charge in [0.05, 0.1) is 14.2 Å². The third kappa shape index (κ3) is 4.52. The van der Waals surface area contributed by atoms with E-state index in [1.54, 1.807) is 20.3 Å². The Labute approximate surface area is 172 Å². The summed E-state index contributed by atoms with van der Waals surface area (Å²) in [5.41, 5.74) is 7.17. The normalized spacial score (nSPS) is 19.4. The van der Waals surface area contributed by atoms with Crippen molar-refractivity contribution in [3.63, 3.8) is 0 Å². The molecule has 2 saturated heterocycles. The van der Waals surface area contributed by atoms with Gasteiger partial charge in [-0.25, -0.2) is 0 Å². The van der Waals surface area contributed by atoms with Gasteiger partial charge < -0.3 is 25.0 Å². The van der Waals surface area contributed by atoms with Crippen LogP contribution >= 0.6 is 12.4 Å². The number of carbonyl (C=O) groups is 2. The van der Waals surface area contributed by atoms with Gasteiger partial charge in [-0.1, -0.05) is 6.07 Å². The van der Waals surface area contributed by atoms with Crippen molar-refractivity contribution in [3.8, 4) is 11.5 Å². The molecule has 8 heteroatoms. The Morgan fingerprint density at radius 2 is 1.86 bits per heavy atom. The number of carbonyl (C=O) groups excluding carboxylic acids is 2. The van der Waals surface area contributed by atoms with Gasteiger partial charge in [0.1, 0.15) is 0 Å². The highest BCUT2D eigenvalue weighted by Gasteiger charge is 2.44. The van der Waals surface area contributed by atoms with E-state index in [9.17, 15) is 9.59 Å². The number of methoxy groups -OCH3 is 2. The quantitative estimate of drug-likeness (QED) is 0.800. The van der Waals surface area contributed by atoms with Crippen LogP contribution in [0.1, 0.15) is 37.3 Å². The van der Waals surface area contributed by atoms with Crippen molar-refractivity contribution in [1.82, 2.24) is 9.80 Å². The average Bonchev–Trinajstić information content (AvgIpc) is 2.94. The first-order valence-electron chi connectivity index (χ1n) is 9.37.